The Hall–Kier alpha value is -1.14. The largest absolute Gasteiger partial charge is 0.375 e. The molecule has 2 unspecified atom stereocenters. The summed E-state index contributed by atoms with van der Waals surface area (Å²) in [7, 11) is 0. The maximum absolute atomic E-state index is 12.0. The molecule has 2 N–H and O–H groups in total. The van der Waals surface area contributed by atoms with E-state index in [1.54, 1.807) is 6.92 Å². The molecule has 2 fully saturated rings. The van der Waals surface area contributed by atoms with Gasteiger partial charge in [-0.1, -0.05) is 0 Å². The van der Waals surface area contributed by atoms with Gasteiger partial charge in [-0.2, -0.15) is 0 Å². The molecule has 2 saturated heterocycles. The smallest absolute Gasteiger partial charge is 0.244 e. The summed E-state index contributed by atoms with van der Waals surface area (Å²) in [4.78, 5) is 25.7. The van der Waals surface area contributed by atoms with E-state index < -0.39 is 6.04 Å². The van der Waals surface area contributed by atoms with Crippen molar-refractivity contribution >= 4 is 11.8 Å². The van der Waals surface area contributed by atoms with Crippen LogP contribution in [-0.4, -0.2) is 61.6 Å². The second kappa shape index (κ2) is 6.86. The van der Waals surface area contributed by atoms with Crippen LogP contribution in [0, 0.1) is 0 Å². The van der Waals surface area contributed by atoms with Gasteiger partial charge < -0.3 is 20.3 Å². The summed E-state index contributed by atoms with van der Waals surface area (Å²) in [6.45, 7) is 5.55. The molecule has 2 heterocycles. The first-order valence-corrected chi connectivity index (χ1v) is 7.07. The Labute approximate surface area is 113 Å². The summed E-state index contributed by atoms with van der Waals surface area (Å²) in [5, 5.41) is 5.95. The number of nitrogens with one attached hydrogen (secondary N) is 2. The Kier molecular flexibility index (Phi) is 5.15. The lowest BCUT2D eigenvalue weighted by molar-refractivity contribution is -0.136. The molecule has 0 saturated carbocycles. The molecule has 2 amide bonds. The van der Waals surface area contributed by atoms with E-state index in [-0.39, 0.29) is 17.9 Å². The average Bonchev–Trinajstić information content (AvgIpc) is 2.92. The number of rotatable bonds is 4. The molecule has 2 aliphatic heterocycles. The van der Waals surface area contributed by atoms with Crippen LogP contribution in [0.15, 0.2) is 0 Å². The molecule has 0 spiro atoms. The molecule has 108 valence electrons. The highest BCUT2D eigenvalue weighted by molar-refractivity contribution is 5.87. The molecule has 0 aliphatic carbocycles. The lowest BCUT2D eigenvalue weighted by atomic mass is 10.2. The van der Waals surface area contributed by atoms with E-state index in [1.165, 1.54) is 0 Å². The van der Waals surface area contributed by atoms with Crippen LogP contribution in [0.1, 0.15) is 26.2 Å². The van der Waals surface area contributed by atoms with Crippen molar-refractivity contribution in [3.8, 4) is 0 Å². The van der Waals surface area contributed by atoms with Crippen molar-refractivity contribution in [2.75, 3.05) is 32.8 Å². The maximum Gasteiger partial charge on any atom is 0.244 e. The van der Waals surface area contributed by atoms with Crippen molar-refractivity contribution in [3.05, 3.63) is 0 Å². The third-order valence-corrected chi connectivity index (χ3v) is 3.58. The van der Waals surface area contributed by atoms with Gasteiger partial charge in [0.25, 0.3) is 0 Å². The van der Waals surface area contributed by atoms with Crippen LogP contribution in [0.3, 0.4) is 0 Å². The van der Waals surface area contributed by atoms with Crippen LogP contribution in [0.4, 0.5) is 0 Å². The molecule has 2 rings (SSSR count). The van der Waals surface area contributed by atoms with Gasteiger partial charge in [-0.15, -0.1) is 0 Å². The van der Waals surface area contributed by atoms with Crippen molar-refractivity contribution < 1.29 is 14.3 Å². The van der Waals surface area contributed by atoms with Gasteiger partial charge in [0.15, 0.2) is 0 Å². The van der Waals surface area contributed by atoms with E-state index in [4.69, 9.17) is 4.74 Å². The third kappa shape index (κ3) is 4.18. The fraction of sp³-hybridized carbons (Fsp3) is 0.846. The Morgan fingerprint density at radius 1 is 1.42 bits per heavy atom. The molecule has 6 heteroatoms. The number of likely N-dealkylation sites (tertiary alicyclic amines) is 1. The van der Waals surface area contributed by atoms with Gasteiger partial charge in [-0.3, -0.25) is 9.59 Å². The highest BCUT2D eigenvalue weighted by atomic mass is 16.5. The molecule has 0 bridgehead atoms. The quantitative estimate of drug-likeness (QED) is 0.721. The lowest BCUT2D eigenvalue weighted by Gasteiger charge is -2.25. The molecule has 0 radical (unpaired) electrons. The Bertz CT molecular complexity index is 323. The fourth-order valence-electron chi connectivity index (χ4n) is 2.53. The zero-order valence-electron chi connectivity index (χ0n) is 11.5. The molecular formula is C13H23N3O3. The second-order valence-electron chi connectivity index (χ2n) is 5.22. The van der Waals surface area contributed by atoms with Gasteiger partial charge in [0.2, 0.25) is 11.8 Å². The summed E-state index contributed by atoms with van der Waals surface area (Å²) >= 11 is 0. The molecule has 0 aromatic carbocycles. The van der Waals surface area contributed by atoms with Crippen molar-refractivity contribution in [1.82, 2.24) is 15.5 Å². The van der Waals surface area contributed by atoms with E-state index in [1.807, 2.05) is 4.90 Å². The van der Waals surface area contributed by atoms with Gasteiger partial charge in [0.1, 0.15) is 6.04 Å². The van der Waals surface area contributed by atoms with Gasteiger partial charge in [-0.25, -0.2) is 0 Å². The Balaban J connectivity index is 1.72. The van der Waals surface area contributed by atoms with Crippen LogP contribution >= 0.6 is 0 Å². The lowest BCUT2D eigenvalue weighted by Crippen LogP contribution is -2.48. The predicted molar refractivity (Wildman–Crippen MR) is 70.6 cm³/mol. The number of hydrogen-bond acceptors (Lipinski definition) is 4. The zero-order valence-corrected chi connectivity index (χ0v) is 11.5. The third-order valence-electron chi connectivity index (χ3n) is 3.58. The van der Waals surface area contributed by atoms with Crippen LogP contribution in [0.25, 0.3) is 0 Å². The number of hydrogen-bond donors (Lipinski definition) is 2. The number of carbonyl (C=O) groups excluding carboxylic acids is 2. The Morgan fingerprint density at radius 2 is 2.16 bits per heavy atom. The first-order chi connectivity index (χ1) is 9.16. The molecule has 6 nitrogen and oxygen atoms in total. The highest BCUT2D eigenvalue weighted by Crippen LogP contribution is 2.09. The van der Waals surface area contributed by atoms with Crippen LogP contribution in [-0.2, 0) is 14.3 Å². The first-order valence-electron chi connectivity index (χ1n) is 7.07. The molecule has 0 aromatic heterocycles. The summed E-state index contributed by atoms with van der Waals surface area (Å²) in [6, 6.07) is -0.442. The second-order valence-corrected chi connectivity index (χ2v) is 5.22. The molecule has 0 aromatic rings. The number of amides is 2. The maximum atomic E-state index is 12.0. The normalized spacial score (nSPS) is 25.1. The summed E-state index contributed by atoms with van der Waals surface area (Å²) in [5.41, 5.74) is 0. The standard InChI is InChI=1S/C13H23N3O3/c1-10(13(18)16-5-2-3-6-16)15-12(17)8-11-9-14-4-7-19-11/h10-11,14H,2-9H2,1H3,(H,15,17). The van der Waals surface area contributed by atoms with Gasteiger partial charge in [-0.05, 0) is 19.8 Å². The van der Waals surface area contributed by atoms with Crippen molar-refractivity contribution in [2.45, 2.75) is 38.3 Å². The van der Waals surface area contributed by atoms with Gasteiger partial charge in [0, 0.05) is 26.2 Å². The summed E-state index contributed by atoms with van der Waals surface area (Å²) in [6.07, 6.45) is 2.36. The van der Waals surface area contributed by atoms with Crippen molar-refractivity contribution in [3.63, 3.8) is 0 Å². The summed E-state index contributed by atoms with van der Waals surface area (Å²) in [5.74, 6) is -0.0951. The van der Waals surface area contributed by atoms with Gasteiger partial charge in [0.05, 0.1) is 19.1 Å². The fourth-order valence-corrected chi connectivity index (χ4v) is 2.53. The van der Waals surface area contributed by atoms with Gasteiger partial charge >= 0.3 is 0 Å². The average molecular weight is 269 g/mol. The molecule has 19 heavy (non-hydrogen) atoms. The minimum absolute atomic E-state index is 0.0218. The van der Waals surface area contributed by atoms with Crippen molar-refractivity contribution in [2.24, 2.45) is 0 Å². The predicted octanol–water partition coefficient (Wildman–Crippen LogP) is -0.508. The van der Waals surface area contributed by atoms with E-state index >= 15 is 0 Å². The highest BCUT2D eigenvalue weighted by Gasteiger charge is 2.25. The minimum Gasteiger partial charge on any atom is -0.375 e. The van der Waals surface area contributed by atoms with Crippen LogP contribution in [0.5, 0.6) is 0 Å². The van der Waals surface area contributed by atoms with E-state index in [0.717, 1.165) is 32.5 Å². The van der Waals surface area contributed by atoms with E-state index in [0.29, 0.717) is 19.6 Å². The Morgan fingerprint density at radius 3 is 2.79 bits per heavy atom. The monoisotopic (exact) mass is 269 g/mol. The number of morpholine rings is 1. The molecule has 2 aliphatic rings. The minimum atomic E-state index is -0.442. The van der Waals surface area contributed by atoms with Crippen LogP contribution in [0.2, 0.25) is 0 Å². The molecular weight excluding hydrogens is 246 g/mol. The van der Waals surface area contributed by atoms with E-state index in [2.05, 4.69) is 10.6 Å². The zero-order chi connectivity index (χ0) is 13.7. The van der Waals surface area contributed by atoms with Crippen molar-refractivity contribution in [1.29, 1.82) is 0 Å². The summed E-state index contributed by atoms with van der Waals surface area (Å²) < 4.78 is 5.47. The number of nitrogens with zero attached hydrogens (tertiary/aromatic N) is 1. The molecule has 2 atom stereocenters. The number of ether oxygens (including phenoxy) is 1. The number of carbonyl (C=O) groups is 2. The first kappa shape index (κ1) is 14.3. The van der Waals surface area contributed by atoms with Crippen LogP contribution < -0.4 is 10.6 Å². The topological polar surface area (TPSA) is 70.7 Å². The SMILES string of the molecule is CC(NC(=O)CC1CNCCO1)C(=O)N1CCCC1. The van der Waals surface area contributed by atoms with E-state index in [9.17, 15) is 9.59 Å².